The number of para-hydroxylation sites is 1. The molecule has 2 nitrogen and oxygen atoms in total. The van der Waals surface area contributed by atoms with Gasteiger partial charge in [0, 0.05) is 18.0 Å². The minimum Gasteiger partial charge on any atom is -0.348 e. The SMILES string of the molecule is CCN1C=c2ccccc2=NC1S. The van der Waals surface area contributed by atoms with Gasteiger partial charge in [0.15, 0.2) is 5.50 Å². The molecule has 1 aromatic rings. The molecule has 0 spiro atoms. The highest BCUT2D eigenvalue weighted by molar-refractivity contribution is 7.80. The Morgan fingerprint density at radius 3 is 3.00 bits per heavy atom. The summed E-state index contributed by atoms with van der Waals surface area (Å²) in [5, 5.41) is 2.21. The van der Waals surface area contributed by atoms with Gasteiger partial charge in [-0.3, -0.25) is 0 Å². The van der Waals surface area contributed by atoms with E-state index < -0.39 is 0 Å². The lowest BCUT2D eigenvalue weighted by molar-refractivity contribution is 0.406. The summed E-state index contributed by atoms with van der Waals surface area (Å²) in [6.07, 6.45) is 2.11. The lowest BCUT2D eigenvalue weighted by Crippen LogP contribution is -2.39. The van der Waals surface area contributed by atoms with E-state index in [0.717, 1.165) is 11.9 Å². The largest absolute Gasteiger partial charge is 0.348 e. The Kier molecular flexibility index (Phi) is 2.27. The van der Waals surface area contributed by atoms with Gasteiger partial charge in [0.25, 0.3) is 0 Å². The first-order chi connectivity index (χ1) is 6.31. The monoisotopic (exact) mass is 192 g/mol. The van der Waals surface area contributed by atoms with Crippen molar-refractivity contribution in [3.05, 3.63) is 34.8 Å². The van der Waals surface area contributed by atoms with Gasteiger partial charge in [-0.05, 0) is 13.0 Å². The standard InChI is InChI=1S/C10H12N2S/c1-2-12-7-8-5-3-4-6-9(8)11-10(12)13/h3-7,10,13H,2H2,1H3. The van der Waals surface area contributed by atoms with E-state index in [1.54, 1.807) is 0 Å². The van der Waals surface area contributed by atoms with E-state index in [-0.39, 0.29) is 5.50 Å². The average molecular weight is 192 g/mol. The minimum absolute atomic E-state index is 0.0279. The maximum atomic E-state index is 4.46. The molecule has 1 unspecified atom stereocenters. The predicted molar refractivity (Wildman–Crippen MR) is 56.8 cm³/mol. The fraction of sp³-hybridized carbons (Fsp3) is 0.300. The summed E-state index contributed by atoms with van der Waals surface area (Å²) in [5.41, 5.74) is -0.0279. The molecule has 13 heavy (non-hydrogen) atoms. The van der Waals surface area contributed by atoms with Crippen molar-refractivity contribution in [3.8, 4) is 0 Å². The van der Waals surface area contributed by atoms with E-state index in [1.165, 1.54) is 5.22 Å². The Morgan fingerprint density at radius 2 is 2.23 bits per heavy atom. The number of fused-ring (bicyclic) bond motifs is 1. The molecule has 1 atom stereocenters. The van der Waals surface area contributed by atoms with Gasteiger partial charge in [-0.2, -0.15) is 0 Å². The highest BCUT2D eigenvalue weighted by atomic mass is 32.1. The van der Waals surface area contributed by atoms with E-state index in [4.69, 9.17) is 0 Å². The highest BCUT2D eigenvalue weighted by Crippen LogP contribution is 2.06. The van der Waals surface area contributed by atoms with Gasteiger partial charge in [0.2, 0.25) is 0 Å². The number of nitrogens with zero attached hydrogens (tertiary/aromatic N) is 2. The molecule has 0 aliphatic carbocycles. The number of rotatable bonds is 1. The third-order valence-corrected chi connectivity index (χ3v) is 2.57. The van der Waals surface area contributed by atoms with Gasteiger partial charge in [-0.25, -0.2) is 4.99 Å². The van der Waals surface area contributed by atoms with Crippen LogP contribution in [0.3, 0.4) is 0 Å². The van der Waals surface area contributed by atoms with Gasteiger partial charge in [0.05, 0.1) is 5.36 Å². The molecule has 0 saturated carbocycles. The molecule has 0 bridgehead atoms. The lowest BCUT2D eigenvalue weighted by atomic mass is 10.3. The van der Waals surface area contributed by atoms with Crippen molar-refractivity contribution < 1.29 is 0 Å². The van der Waals surface area contributed by atoms with Gasteiger partial charge < -0.3 is 4.90 Å². The molecule has 1 aliphatic heterocycles. The minimum atomic E-state index is -0.0279. The average Bonchev–Trinajstić information content (AvgIpc) is 2.17. The molecule has 68 valence electrons. The van der Waals surface area contributed by atoms with Gasteiger partial charge in [-0.15, -0.1) is 12.6 Å². The molecule has 0 aromatic heterocycles. The molecule has 0 N–H and O–H groups in total. The van der Waals surface area contributed by atoms with Crippen molar-refractivity contribution in [2.24, 2.45) is 4.99 Å². The molecule has 0 saturated heterocycles. The van der Waals surface area contributed by atoms with Crippen molar-refractivity contribution in [2.45, 2.75) is 12.4 Å². The second kappa shape index (κ2) is 3.42. The van der Waals surface area contributed by atoms with E-state index in [2.05, 4.69) is 41.7 Å². The van der Waals surface area contributed by atoms with Gasteiger partial charge in [-0.1, -0.05) is 18.2 Å². The molecular weight excluding hydrogens is 180 g/mol. The van der Waals surface area contributed by atoms with Crippen LogP contribution >= 0.6 is 12.6 Å². The zero-order chi connectivity index (χ0) is 9.26. The topological polar surface area (TPSA) is 15.6 Å². The summed E-state index contributed by atoms with van der Waals surface area (Å²) >= 11 is 4.39. The van der Waals surface area contributed by atoms with E-state index in [9.17, 15) is 0 Å². The molecule has 1 heterocycles. The Labute approximate surface area is 83.0 Å². The van der Waals surface area contributed by atoms with Crippen LogP contribution in [-0.2, 0) is 0 Å². The number of hydrogen-bond acceptors (Lipinski definition) is 3. The van der Waals surface area contributed by atoms with Crippen LogP contribution in [0.5, 0.6) is 0 Å². The van der Waals surface area contributed by atoms with Crippen molar-refractivity contribution in [3.63, 3.8) is 0 Å². The summed E-state index contributed by atoms with van der Waals surface area (Å²) in [6, 6.07) is 8.11. The zero-order valence-corrected chi connectivity index (χ0v) is 8.41. The Balaban J connectivity index is 2.59. The van der Waals surface area contributed by atoms with Crippen LogP contribution < -0.4 is 10.6 Å². The first-order valence-electron chi connectivity index (χ1n) is 4.40. The summed E-state index contributed by atoms with van der Waals surface area (Å²) in [7, 11) is 0. The molecule has 1 aromatic carbocycles. The molecule has 0 fully saturated rings. The maximum absolute atomic E-state index is 4.46. The third kappa shape index (κ3) is 1.56. The second-order valence-electron chi connectivity index (χ2n) is 2.99. The maximum Gasteiger partial charge on any atom is 0.166 e. The smallest absolute Gasteiger partial charge is 0.166 e. The molecule has 0 radical (unpaired) electrons. The van der Waals surface area contributed by atoms with Gasteiger partial charge in [0.1, 0.15) is 0 Å². The van der Waals surface area contributed by atoms with Crippen LogP contribution in [0.15, 0.2) is 29.3 Å². The first kappa shape index (κ1) is 8.63. The van der Waals surface area contributed by atoms with Crippen LogP contribution in [0.1, 0.15) is 6.92 Å². The van der Waals surface area contributed by atoms with Crippen molar-refractivity contribution in [2.75, 3.05) is 6.54 Å². The summed E-state index contributed by atoms with van der Waals surface area (Å²) in [6.45, 7) is 3.04. The summed E-state index contributed by atoms with van der Waals surface area (Å²) in [5.74, 6) is 0. The molecule has 3 heteroatoms. The quantitative estimate of drug-likeness (QED) is 0.644. The third-order valence-electron chi connectivity index (χ3n) is 2.16. The lowest BCUT2D eigenvalue weighted by Gasteiger charge is -2.24. The van der Waals surface area contributed by atoms with E-state index in [0.29, 0.717) is 0 Å². The summed E-state index contributed by atoms with van der Waals surface area (Å²) < 4.78 is 0. The van der Waals surface area contributed by atoms with Crippen LogP contribution in [0, 0.1) is 0 Å². The van der Waals surface area contributed by atoms with Gasteiger partial charge >= 0.3 is 0 Å². The van der Waals surface area contributed by atoms with E-state index >= 15 is 0 Å². The molecule has 2 rings (SSSR count). The number of hydrogen-bond donors (Lipinski definition) is 1. The normalized spacial score (nSPS) is 20.2. The fourth-order valence-corrected chi connectivity index (χ4v) is 1.77. The summed E-state index contributed by atoms with van der Waals surface area (Å²) in [4.78, 5) is 6.56. The van der Waals surface area contributed by atoms with Crippen molar-refractivity contribution in [1.29, 1.82) is 0 Å². The molecular formula is C10H12N2S. The highest BCUT2D eigenvalue weighted by Gasteiger charge is 2.09. The Hall–Kier alpha value is -0.960. The van der Waals surface area contributed by atoms with Crippen molar-refractivity contribution >= 4 is 18.8 Å². The molecule has 1 aliphatic rings. The van der Waals surface area contributed by atoms with Crippen LogP contribution in [-0.4, -0.2) is 16.9 Å². The predicted octanol–water partition coefficient (Wildman–Crippen LogP) is 0.593. The van der Waals surface area contributed by atoms with Crippen LogP contribution in [0.2, 0.25) is 0 Å². The Bertz CT molecular complexity index is 413. The fourth-order valence-electron chi connectivity index (χ4n) is 1.41. The van der Waals surface area contributed by atoms with Crippen LogP contribution in [0.4, 0.5) is 0 Å². The van der Waals surface area contributed by atoms with Crippen LogP contribution in [0.25, 0.3) is 6.20 Å². The van der Waals surface area contributed by atoms with E-state index in [1.807, 2.05) is 18.2 Å². The first-order valence-corrected chi connectivity index (χ1v) is 4.91. The zero-order valence-electron chi connectivity index (χ0n) is 7.51. The number of thiol groups is 1. The second-order valence-corrected chi connectivity index (χ2v) is 3.46. The molecule has 0 amide bonds. The van der Waals surface area contributed by atoms with Crippen molar-refractivity contribution in [1.82, 2.24) is 4.90 Å². The number of benzene rings is 1. The Morgan fingerprint density at radius 1 is 1.46 bits per heavy atom.